The topological polar surface area (TPSA) is 320 Å². The minimum absolute atomic E-state index is 0.0713. The van der Waals surface area contributed by atoms with Crippen molar-refractivity contribution in [1.82, 2.24) is 29.4 Å². The number of hydrogen-bond donors (Lipinski definition) is 7. The summed E-state index contributed by atoms with van der Waals surface area (Å²) in [5.74, 6) is -2.73. The molecular formula is C39H66N10O12. The number of carbonyl (C=O) groups is 7. The Hall–Kier alpha value is -5.34. The zero-order valence-electron chi connectivity index (χ0n) is 35.9. The number of nitrogens with two attached hydrogens (primary N) is 3. The number of guanidine groups is 1. The number of aliphatic hydroxyl groups excluding tert-OH is 4. The Bertz CT molecular complexity index is 1580. The lowest BCUT2D eigenvalue weighted by Gasteiger charge is -2.40. The van der Waals surface area contributed by atoms with Crippen LogP contribution in [0.5, 0.6) is 0 Å². The SMILES string of the molecule is C#CCN(CC(=O)N(CCCCN=C(N)N)CC(=O)N(CC(=O)N(CC(=O)N(CC=C)CC(=O)N(CC(N)=O)C[C@@H]1O[C@@H](O)[C@@H](O)[C@H](O)[C@@H]1O)CC(C)C)CC(C)C)C(C)=O. The molecule has 7 amide bonds. The average molecular weight is 867 g/mol. The van der Waals surface area contributed by atoms with Gasteiger partial charge >= 0.3 is 0 Å². The minimum atomic E-state index is -1.92. The van der Waals surface area contributed by atoms with Crippen LogP contribution in [0.4, 0.5) is 0 Å². The molecule has 0 aromatic rings. The average Bonchev–Trinajstić information content (AvgIpc) is 3.16. The predicted octanol–water partition coefficient (Wildman–Crippen LogP) is -4.55. The number of unbranched alkanes of at least 4 members (excludes halogenated alkanes) is 1. The molecule has 1 heterocycles. The zero-order valence-corrected chi connectivity index (χ0v) is 35.9. The standard InChI is InChI=1S/C39H66N10O12/c1-8-13-44(27(7)50)20-30(52)46(15-11-10-12-43-39(41)42)22-32(54)48(17-26(5)6)24-34(56)47(16-25(3)4)23-31(53)45(14-9-2)21-33(55)49(19-29(40)51)18-28-35(57)36(58)37(59)38(60)61-28/h1,9,25-26,28,35-38,57-60H,2,10-24H2,3-7H3,(H2,40,51)(H4,41,42,43)/t28-,35+,36+,37-,38+/m0/s1. The molecule has 1 fully saturated rings. The molecule has 61 heavy (non-hydrogen) atoms. The van der Waals surface area contributed by atoms with Gasteiger partial charge in [-0.2, -0.15) is 0 Å². The van der Waals surface area contributed by atoms with Gasteiger partial charge in [-0.05, 0) is 24.7 Å². The summed E-state index contributed by atoms with van der Waals surface area (Å²) in [5, 5.41) is 40.3. The molecule has 0 unspecified atom stereocenters. The van der Waals surface area contributed by atoms with Gasteiger partial charge in [0.05, 0.1) is 39.3 Å². The van der Waals surface area contributed by atoms with Crippen molar-refractivity contribution >= 4 is 47.3 Å². The Labute approximate surface area is 357 Å². The second-order valence-electron chi connectivity index (χ2n) is 15.6. The van der Waals surface area contributed by atoms with Gasteiger partial charge in [0.2, 0.25) is 41.4 Å². The Balaban J connectivity index is 3.32. The molecule has 22 heteroatoms. The third-order valence-corrected chi connectivity index (χ3v) is 9.21. The molecule has 0 saturated carbocycles. The number of aliphatic hydroxyl groups is 4. The molecule has 0 aromatic heterocycles. The fourth-order valence-electron chi connectivity index (χ4n) is 6.16. The first-order valence-corrected chi connectivity index (χ1v) is 19.9. The molecule has 1 saturated heterocycles. The Kier molecular flexibility index (Phi) is 23.6. The van der Waals surface area contributed by atoms with Crippen molar-refractivity contribution in [3.63, 3.8) is 0 Å². The molecule has 1 aliphatic rings. The highest BCUT2D eigenvalue weighted by atomic mass is 16.6. The summed E-state index contributed by atoms with van der Waals surface area (Å²) < 4.78 is 5.16. The van der Waals surface area contributed by atoms with E-state index in [0.29, 0.717) is 12.8 Å². The number of amides is 7. The summed E-state index contributed by atoms with van der Waals surface area (Å²) >= 11 is 0. The van der Waals surface area contributed by atoms with Gasteiger partial charge in [-0.15, -0.1) is 13.0 Å². The Morgan fingerprint density at radius 3 is 1.66 bits per heavy atom. The monoisotopic (exact) mass is 866 g/mol. The van der Waals surface area contributed by atoms with E-state index in [-0.39, 0.29) is 63.6 Å². The lowest BCUT2D eigenvalue weighted by molar-refractivity contribution is -0.283. The number of primary amides is 1. The molecule has 0 bridgehead atoms. The molecule has 0 aromatic carbocycles. The summed E-state index contributed by atoms with van der Waals surface area (Å²) in [4.78, 5) is 104. The van der Waals surface area contributed by atoms with E-state index in [1.54, 1.807) is 0 Å². The van der Waals surface area contributed by atoms with Crippen LogP contribution < -0.4 is 17.2 Å². The van der Waals surface area contributed by atoms with E-state index < -0.39 is 111 Å². The fourth-order valence-corrected chi connectivity index (χ4v) is 6.16. The summed E-state index contributed by atoms with van der Waals surface area (Å²) in [6.45, 7) is 8.68. The van der Waals surface area contributed by atoms with Crippen molar-refractivity contribution < 1.29 is 58.7 Å². The fraction of sp³-hybridized carbons (Fsp3) is 0.692. The third-order valence-electron chi connectivity index (χ3n) is 9.21. The van der Waals surface area contributed by atoms with E-state index in [0.717, 1.165) is 14.7 Å². The van der Waals surface area contributed by atoms with Crippen molar-refractivity contribution in [3.8, 4) is 12.3 Å². The van der Waals surface area contributed by atoms with Gasteiger partial charge in [-0.3, -0.25) is 38.6 Å². The summed E-state index contributed by atoms with van der Waals surface area (Å²) in [7, 11) is 0. The molecule has 0 radical (unpaired) electrons. The normalized spacial score (nSPS) is 18.4. The van der Waals surface area contributed by atoms with Crippen LogP contribution in [0.25, 0.3) is 0 Å². The van der Waals surface area contributed by atoms with Crippen molar-refractivity contribution in [2.45, 2.75) is 78.2 Å². The van der Waals surface area contributed by atoms with Crippen LogP contribution in [-0.2, 0) is 38.3 Å². The maximum Gasteiger partial charge on any atom is 0.242 e. The van der Waals surface area contributed by atoms with Crippen LogP contribution in [0.2, 0.25) is 0 Å². The molecule has 5 atom stereocenters. The van der Waals surface area contributed by atoms with Gasteiger partial charge in [0.25, 0.3) is 0 Å². The van der Waals surface area contributed by atoms with E-state index in [2.05, 4.69) is 17.5 Å². The predicted molar refractivity (Wildman–Crippen MR) is 222 cm³/mol. The number of nitrogens with zero attached hydrogens (tertiary/aromatic N) is 7. The zero-order chi connectivity index (χ0) is 46.6. The summed E-state index contributed by atoms with van der Waals surface area (Å²) in [5.41, 5.74) is 16.2. The first-order chi connectivity index (χ1) is 28.5. The minimum Gasteiger partial charge on any atom is -0.388 e. The number of aliphatic imine (C=N–C) groups is 1. The number of terminal acetylenes is 1. The Morgan fingerprint density at radius 1 is 0.705 bits per heavy atom. The van der Waals surface area contributed by atoms with E-state index in [1.807, 2.05) is 27.7 Å². The lowest BCUT2D eigenvalue weighted by atomic mass is 9.98. The molecule has 10 N–H and O–H groups in total. The van der Waals surface area contributed by atoms with E-state index in [4.69, 9.17) is 28.4 Å². The molecule has 0 aliphatic carbocycles. The highest BCUT2D eigenvalue weighted by Gasteiger charge is 2.44. The lowest BCUT2D eigenvalue weighted by Crippen LogP contribution is -2.61. The molecule has 1 rings (SSSR count). The summed E-state index contributed by atoms with van der Waals surface area (Å²) in [6, 6.07) is 0. The Morgan fingerprint density at radius 2 is 1.18 bits per heavy atom. The van der Waals surface area contributed by atoms with Gasteiger partial charge in [-0.1, -0.05) is 39.7 Å². The quantitative estimate of drug-likeness (QED) is 0.0142. The van der Waals surface area contributed by atoms with Crippen LogP contribution in [0, 0.1) is 24.2 Å². The van der Waals surface area contributed by atoms with Crippen LogP contribution in [0.15, 0.2) is 17.6 Å². The second kappa shape index (κ2) is 26.8. The largest absolute Gasteiger partial charge is 0.388 e. The summed E-state index contributed by atoms with van der Waals surface area (Å²) in [6.07, 6.45) is -1.24. The van der Waals surface area contributed by atoms with Crippen molar-refractivity contribution in [2.75, 3.05) is 85.1 Å². The maximum atomic E-state index is 14.0. The van der Waals surface area contributed by atoms with Gasteiger partial charge in [-0.25, -0.2) is 0 Å². The van der Waals surface area contributed by atoms with Crippen molar-refractivity contribution in [2.24, 2.45) is 34.0 Å². The smallest absolute Gasteiger partial charge is 0.242 e. The molecular weight excluding hydrogens is 800 g/mol. The molecule has 22 nitrogen and oxygen atoms in total. The number of hydrogen-bond acceptors (Lipinski definition) is 13. The van der Waals surface area contributed by atoms with E-state index >= 15 is 0 Å². The number of carbonyl (C=O) groups excluding carboxylic acids is 7. The van der Waals surface area contributed by atoms with E-state index in [1.165, 1.54) is 27.7 Å². The van der Waals surface area contributed by atoms with Gasteiger partial charge in [0.1, 0.15) is 37.5 Å². The van der Waals surface area contributed by atoms with Gasteiger partial charge < -0.3 is 71.8 Å². The van der Waals surface area contributed by atoms with Gasteiger partial charge in [0.15, 0.2) is 12.2 Å². The van der Waals surface area contributed by atoms with Crippen LogP contribution in [0.3, 0.4) is 0 Å². The van der Waals surface area contributed by atoms with E-state index in [9.17, 15) is 54.0 Å². The van der Waals surface area contributed by atoms with Crippen LogP contribution in [0.1, 0.15) is 47.5 Å². The first-order valence-electron chi connectivity index (χ1n) is 19.9. The maximum absolute atomic E-state index is 14.0. The highest BCUT2D eigenvalue weighted by molar-refractivity contribution is 5.92. The molecule has 0 spiro atoms. The number of rotatable bonds is 26. The molecule has 1 aliphatic heterocycles. The third kappa shape index (κ3) is 19.3. The molecule has 344 valence electrons. The van der Waals surface area contributed by atoms with Crippen molar-refractivity contribution in [1.29, 1.82) is 0 Å². The number of ether oxygens (including phenoxy) is 1. The second-order valence-corrected chi connectivity index (χ2v) is 15.6. The van der Waals surface area contributed by atoms with Crippen LogP contribution in [-0.4, -0.2) is 213 Å². The van der Waals surface area contributed by atoms with Crippen LogP contribution >= 0.6 is 0 Å². The van der Waals surface area contributed by atoms with Gasteiger partial charge in [0, 0.05) is 39.6 Å². The van der Waals surface area contributed by atoms with Crippen molar-refractivity contribution in [3.05, 3.63) is 12.7 Å². The highest BCUT2D eigenvalue weighted by Crippen LogP contribution is 2.21. The first kappa shape index (κ1) is 53.7.